The highest BCUT2D eigenvalue weighted by atomic mass is 35.5. The van der Waals surface area contributed by atoms with Gasteiger partial charge in [-0.1, -0.05) is 37.1 Å². The minimum absolute atomic E-state index is 0. The molecule has 134 valence electrons. The molecule has 7 heteroatoms. The van der Waals surface area contributed by atoms with Crippen molar-refractivity contribution in [2.24, 2.45) is 5.73 Å². The molecule has 5 nitrogen and oxygen atoms in total. The summed E-state index contributed by atoms with van der Waals surface area (Å²) >= 11 is 6.18. The Bertz CT molecular complexity index is 607. The van der Waals surface area contributed by atoms with E-state index in [2.05, 4.69) is 0 Å². The minimum Gasteiger partial charge on any atom is -0.332 e. The third-order valence-corrected chi connectivity index (χ3v) is 4.69. The van der Waals surface area contributed by atoms with Crippen molar-refractivity contribution in [1.29, 1.82) is 0 Å². The van der Waals surface area contributed by atoms with Crippen LogP contribution >= 0.6 is 24.0 Å². The zero-order chi connectivity index (χ0) is 17.2. The first kappa shape index (κ1) is 20.7. The number of anilines is 1. The number of likely N-dealkylation sites (N-methyl/N-ethyl adjacent to an activating group) is 1. The second kappa shape index (κ2) is 8.19. The van der Waals surface area contributed by atoms with Crippen molar-refractivity contribution < 1.29 is 9.59 Å². The van der Waals surface area contributed by atoms with Gasteiger partial charge >= 0.3 is 0 Å². The zero-order valence-electron chi connectivity index (χ0n) is 14.3. The topological polar surface area (TPSA) is 66.6 Å². The van der Waals surface area contributed by atoms with Crippen LogP contribution in [0.1, 0.15) is 33.1 Å². The zero-order valence-corrected chi connectivity index (χ0v) is 15.9. The van der Waals surface area contributed by atoms with Gasteiger partial charge in [0.25, 0.3) is 0 Å². The molecule has 1 aliphatic heterocycles. The van der Waals surface area contributed by atoms with Crippen LogP contribution in [-0.4, -0.2) is 41.9 Å². The molecule has 1 saturated heterocycles. The minimum atomic E-state index is -0.943. The van der Waals surface area contributed by atoms with Crippen LogP contribution < -0.4 is 10.6 Å². The molecule has 1 aliphatic rings. The van der Waals surface area contributed by atoms with Crippen LogP contribution in [0.15, 0.2) is 24.3 Å². The van der Waals surface area contributed by atoms with Gasteiger partial charge in [0, 0.05) is 13.6 Å². The maximum atomic E-state index is 12.7. The maximum Gasteiger partial charge on any atom is 0.249 e. The number of rotatable bonds is 5. The maximum absolute atomic E-state index is 12.7. The molecular formula is C17H25Cl2N3O2. The van der Waals surface area contributed by atoms with Crippen molar-refractivity contribution in [1.82, 2.24) is 4.90 Å². The number of nitrogens with zero attached hydrogens (tertiary/aromatic N) is 2. The first-order chi connectivity index (χ1) is 10.8. The monoisotopic (exact) mass is 373 g/mol. The summed E-state index contributed by atoms with van der Waals surface area (Å²) in [5.74, 6) is -0.306. The Morgan fingerprint density at radius 3 is 2.67 bits per heavy atom. The van der Waals surface area contributed by atoms with Crippen LogP contribution in [0, 0.1) is 0 Å². The van der Waals surface area contributed by atoms with Gasteiger partial charge in [0.15, 0.2) is 0 Å². The molecule has 0 aromatic heterocycles. The van der Waals surface area contributed by atoms with Gasteiger partial charge in [-0.25, -0.2) is 0 Å². The van der Waals surface area contributed by atoms with Gasteiger partial charge in [-0.15, -0.1) is 12.4 Å². The molecule has 24 heavy (non-hydrogen) atoms. The van der Waals surface area contributed by atoms with Gasteiger partial charge in [-0.3, -0.25) is 9.59 Å². The third-order valence-electron chi connectivity index (χ3n) is 4.37. The fraction of sp³-hybridized carbons (Fsp3) is 0.529. The van der Waals surface area contributed by atoms with Gasteiger partial charge in [0.2, 0.25) is 11.8 Å². The molecule has 2 unspecified atom stereocenters. The molecule has 2 amide bonds. The van der Waals surface area contributed by atoms with Gasteiger partial charge < -0.3 is 15.5 Å². The predicted octanol–water partition coefficient (Wildman–Crippen LogP) is 2.84. The number of carbonyl (C=O) groups excluding carboxylic acids is 2. The number of nitrogens with two attached hydrogens (primary N) is 1. The Balaban J connectivity index is 0.00000288. The third kappa shape index (κ3) is 4.02. The lowest BCUT2D eigenvalue weighted by atomic mass is 9.95. The smallest absolute Gasteiger partial charge is 0.249 e. The van der Waals surface area contributed by atoms with Crippen LogP contribution in [0.2, 0.25) is 5.02 Å². The van der Waals surface area contributed by atoms with Crippen LogP contribution in [0.3, 0.4) is 0 Å². The number of halogens is 2. The highest BCUT2D eigenvalue weighted by Crippen LogP contribution is 2.30. The van der Waals surface area contributed by atoms with Crippen molar-refractivity contribution in [3.8, 4) is 0 Å². The van der Waals surface area contributed by atoms with E-state index in [0.29, 0.717) is 30.1 Å². The molecule has 0 bridgehead atoms. The van der Waals surface area contributed by atoms with E-state index in [-0.39, 0.29) is 24.2 Å². The molecule has 2 rings (SSSR count). The Morgan fingerprint density at radius 2 is 2.08 bits per heavy atom. The molecule has 0 radical (unpaired) electrons. The highest BCUT2D eigenvalue weighted by molar-refractivity contribution is 6.34. The number of para-hydroxylation sites is 1. The number of hydrogen-bond acceptors (Lipinski definition) is 3. The second-order valence-corrected chi connectivity index (χ2v) is 6.74. The van der Waals surface area contributed by atoms with Gasteiger partial charge in [-0.05, 0) is 31.9 Å². The Labute approximate surface area is 154 Å². The Hall–Kier alpha value is -1.30. The molecule has 1 heterocycles. The van der Waals surface area contributed by atoms with E-state index in [0.717, 1.165) is 6.42 Å². The average molecular weight is 374 g/mol. The van der Waals surface area contributed by atoms with E-state index < -0.39 is 11.6 Å². The van der Waals surface area contributed by atoms with Crippen LogP contribution in [0.4, 0.5) is 5.69 Å². The summed E-state index contributed by atoms with van der Waals surface area (Å²) in [5, 5.41) is 0.533. The highest BCUT2D eigenvalue weighted by Gasteiger charge is 2.41. The van der Waals surface area contributed by atoms with Crippen LogP contribution in [0.25, 0.3) is 0 Å². The summed E-state index contributed by atoms with van der Waals surface area (Å²) in [4.78, 5) is 28.5. The largest absolute Gasteiger partial charge is 0.332 e. The number of carbonyl (C=O) groups is 2. The number of amides is 2. The lowest BCUT2D eigenvalue weighted by molar-refractivity contribution is -0.141. The molecule has 0 spiro atoms. The quantitative estimate of drug-likeness (QED) is 0.862. The molecule has 0 saturated carbocycles. The van der Waals surface area contributed by atoms with Gasteiger partial charge in [0.1, 0.15) is 6.04 Å². The van der Waals surface area contributed by atoms with Crippen molar-refractivity contribution in [2.45, 2.75) is 44.7 Å². The van der Waals surface area contributed by atoms with Crippen molar-refractivity contribution in [3.63, 3.8) is 0 Å². The second-order valence-electron chi connectivity index (χ2n) is 6.33. The van der Waals surface area contributed by atoms with Crippen molar-refractivity contribution in [3.05, 3.63) is 29.3 Å². The van der Waals surface area contributed by atoms with E-state index in [1.165, 1.54) is 4.90 Å². The normalized spacial score (nSPS) is 19.6. The SMILES string of the molecule is CCCC(C)(N)C(=O)N(C)C1CCN(c2ccccc2Cl)C1=O.Cl. The number of hydrogen-bond donors (Lipinski definition) is 1. The summed E-state index contributed by atoms with van der Waals surface area (Å²) in [6.07, 6.45) is 1.98. The summed E-state index contributed by atoms with van der Waals surface area (Å²) in [6.45, 7) is 4.25. The Kier molecular flexibility index (Phi) is 7.08. The van der Waals surface area contributed by atoms with Gasteiger partial charge in [0.05, 0.1) is 16.2 Å². The summed E-state index contributed by atoms with van der Waals surface area (Å²) in [6, 6.07) is 6.75. The predicted molar refractivity (Wildman–Crippen MR) is 99.7 cm³/mol. The lowest BCUT2D eigenvalue weighted by Crippen LogP contribution is -2.56. The summed E-state index contributed by atoms with van der Waals surface area (Å²) in [5.41, 5.74) is 5.86. The lowest BCUT2D eigenvalue weighted by Gasteiger charge is -2.32. The Morgan fingerprint density at radius 1 is 1.46 bits per heavy atom. The fourth-order valence-electron chi connectivity index (χ4n) is 3.10. The molecule has 0 aliphatic carbocycles. The number of benzene rings is 1. The summed E-state index contributed by atoms with van der Waals surface area (Å²) in [7, 11) is 1.65. The average Bonchev–Trinajstić information content (AvgIpc) is 2.88. The fourth-order valence-corrected chi connectivity index (χ4v) is 3.34. The van der Waals surface area contributed by atoms with E-state index in [4.69, 9.17) is 17.3 Å². The first-order valence-corrected chi connectivity index (χ1v) is 8.29. The van der Waals surface area contributed by atoms with Crippen LogP contribution in [-0.2, 0) is 9.59 Å². The van der Waals surface area contributed by atoms with E-state index in [1.54, 1.807) is 24.9 Å². The van der Waals surface area contributed by atoms with E-state index in [9.17, 15) is 9.59 Å². The first-order valence-electron chi connectivity index (χ1n) is 7.91. The molecule has 2 N–H and O–H groups in total. The molecule has 1 aromatic carbocycles. The van der Waals surface area contributed by atoms with E-state index >= 15 is 0 Å². The molecule has 1 aromatic rings. The van der Waals surface area contributed by atoms with Crippen LogP contribution in [0.5, 0.6) is 0 Å². The summed E-state index contributed by atoms with van der Waals surface area (Å²) < 4.78 is 0. The van der Waals surface area contributed by atoms with Crippen molar-refractivity contribution in [2.75, 3.05) is 18.5 Å². The van der Waals surface area contributed by atoms with Gasteiger partial charge in [-0.2, -0.15) is 0 Å². The molecule has 1 fully saturated rings. The standard InChI is InChI=1S/C17H24ClN3O2.ClH/c1-4-10-17(2,19)16(23)20(3)14-9-11-21(15(14)22)13-8-6-5-7-12(13)18;/h5-8,14H,4,9-11,19H2,1-3H3;1H. The molecule has 2 atom stereocenters. The molecular weight excluding hydrogens is 349 g/mol. The van der Waals surface area contributed by atoms with E-state index in [1.807, 2.05) is 25.1 Å². The van der Waals surface area contributed by atoms with Crippen molar-refractivity contribution >= 4 is 41.5 Å².